The fraction of sp³-hybridized carbons (Fsp3) is 0.407. The van der Waals surface area contributed by atoms with Crippen molar-refractivity contribution in [3.05, 3.63) is 60.1 Å². The summed E-state index contributed by atoms with van der Waals surface area (Å²) in [4.78, 5) is 31.6. The fourth-order valence-corrected chi connectivity index (χ4v) is 4.60. The topological polar surface area (TPSA) is 122 Å². The normalized spacial score (nSPS) is 20.8. The van der Waals surface area contributed by atoms with Crippen molar-refractivity contribution in [2.45, 2.75) is 45.1 Å². The molecule has 194 valence electrons. The maximum absolute atomic E-state index is 12.6. The van der Waals surface area contributed by atoms with E-state index < -0.39 is 6.03 Å². The molecule has 1 unspecified atom stereocenters. The summed E-state index contributed by atoms with van der Waals surface area (Å²) in [6, 6.07) is 11.5. The van der Waals surface area contributed by atoms with Crippen molar-refractivity contribution in [1.29, 1.82) is 0 Å². The highest BCUT2D eigenvalue weighted by atomic mass is 16.5. The summed E-state index contributed by atoms with van der Waals surface area (Å²) >= 11 is 0. The molecule has 0 aliphatic carbocycles. The monoisotopic (exact) mass is 504 g/mol. The van der Waals surface area contributed by atoms with E-state index >= 15 is 0 Å². The standard InChI is InChI=1S/C27H32N6O4/c1-27(2,3)23-14-24(32-37-23)31-26(35)30-19-6-4-18(5-7-19)29-25(34)21-9-8-20(15-28-21)36-22-16-33-12-10-17(22)11-13-33/h4-9,14-15,17,22H,10-13,16H2,1-3H3,(H,29,34)(H2,30,31,32,35). The van der Waals surface area contributed by atoms with Crippen LogP contribution in [0.4, 0.5) is 22.0 Å². The van der Waals surface area contributed by atoms with Gasteiger partial charge in [-0.2, -0.15) is 0 Å². The molecule has 3 aliphatic heterocycles. The van der Waals surface area contributed by atoms with Crippen molar-refractivity contribution in [2.24, 2.45) is 5.92 Å². The summed E-state index contributed by atoms with van der Waals surface area (Å²) in [5, 5.41) is 12.1. The van der Waals surface area contributed by atoms with E-state index in [2.05, 4.69) is 31.0 Å². The molecule has 37 heavy (non-hydrogen) atoms. The number of nitrogens with zero attached hydrogens (tertiary/aromatic N) is 3. The largest absolute Gasteiger partial charge is 0.487 e. The number of carbonyl (C=O) groups excluding carboxylic acids is 2. The molecule has 1 atom stereocenters. The van der Waals surface area contributed by atoms with E-state index in [1.54, 1.807) is 48.7 Å². The average molecular weight is 505 g/mol. The Kier molecular flexibility index (Phi) is 6.84. The molecule has 0 spiro atoms. The predicted molar refractivity (Wildman–Crippen MR) is 140 cm³/mol. The SMILES string of the molecule is CC(C)(C)c1cc(NC(=O)Nc2ccc(NC(=O)c3ccc(OC4CN5CCC4CC5)cn3)cc2)no1. The van der Waals surface area contributed by atoms with E-state index in [-0.39, 0.29) is 17.4 Å². The zero-order chi connectivity index (χ0) is 26.0. The molecule has 5 heterocycles. The first-order chi connectivity index (χ1) is 17.7. The maximum atomic E-state index is 12.6. The van der Waals surface area contributed by atoms with Crippen LogP contribution in [0.2, 0.25) is 0 Å². The number of amides is 3. The molecule has 0 saturated carbocycles. The number of benzene rings is 1. The molecule has 0 radical (unpaired) electrons. The Bertz CT molecular complexity index is 1240. The van der Waals surface area contributed by atoms with Gasteiger partial charge in [0.05, 0.1) is 6.20 Å². The molecular formula is C27H32N6O4. The summed E-state index contributed by atoms with van der Waals surface area (Å²) in [7, 11) is 0. The van der Waals surface area contributed by atoms with Crippen molar-refractivity contribution in [3.63, 3.8) is 0 Å². The molecule has 1 aromatic carbocycles. The van der Waals surface area contributed by atoms with Gasteiger partial charge in [-0.05, 0) is 68.2 Å². The predicted octanol–water partition coefficient (Wildman–Crippen LogP) is 4.74. The van der Waals surface area contributed by atoms with Crippen LogP contribution < -0.4 is 20.7 Å². The number of ether oxygens (including phenoxy) is 1. The second kappa shape index (κ2) is 10.2. The third kappa shape index (κ3) is 6.08. The van der Waals surface area contributed by atoms with E-state index in [1.807, 2.05) is 20.8 Å². The van der Waals surface area contributed by atoms with Gasteiger partial charge in [-0.25, -0.2) is 9.78 Å². The van der Waals surface area contributed by atoms with Crippen LogP contribution in [0, 0.1) is 5.92 Å². The van der Waals surface area contributed by atoms with E-state index in [1.165, 1.54) is 12.8 Å². The number of hydrogen-bond acceptors (Lipinski definition) is 7. The van der Waals surface area contributed by atoms with Gasteiger partial charge in [-0.3, -0.25) is 15.0 Å². The molecule has 3 saturated heterocycles. The minimum atomic E-state index is -0.449. The van der Waals surface area contributed by atoms with Gasteiger partial charge in [0, 0.05) is 29.4 Å². The Labute approximate surface area is 215 Å². The minimum Gasteiger partial charge on any atom is -0.487 e. The van der Waals surface area contributed by atoms with E-state index in [0.717, 1.165) is 19.6 Å². The highest BCUT2D eigenvalue weighted by Crippen LogP contribution is 2.30. The number of urea groups is 1. The van der Waals surface area contributed by atoms with Gasteiger partial charge in [0.25, 0.3) is 5.91 Å². The summed E-state index contributed by atoms with van der Waals surface area (Å²) in [5.41, 5.74) is 1.23. The molecule has 3 fully saturated rings. The molecule has 2 aromatic heterocycles. The molecule has 3 amide bonds. The number of hydrogen-bond donors (Lipinski definition) is 3. The van der Waals surface area contributed by atoms with Crippen LogP contribution in [-0.4, -0.2) is 52.7 Å². The summed E-state index contributed by atoms with van der Waals surface area (Å²) in [5.74, 6) is 1.96. The lowest BCUT2D eigenvalue weighted by Crippen LogP contribution is -2.52. The van der Waals surface area contributed by atoms with Crippen LogP contribution in [-0.2, 0) is 5.41 Å². The smallest absolute Gasteiger partial charge is 0.324 e. The second-order valence-electron chi connectivity index (χ2n) is 10.6. The van der Waals surface area contributed by atoms with Gasteiger partial charge in [0.15, 0.2) is 5.82 Å². The van der Waals surface area contributed by atoms with Crippen LogP contribution in [0.1, 0.15) is 49.9 Å². The molecule has 6 rings (SSSR count). The fourth-order valence-electron chi connectivity index (χ4n) is 4.60. The van der Waals surface area contributed by atoms with Gasteiger partial charge < -0.3 is 19.9 Å². The lowest BCUT2D eigenvalue weighted by Gasteiger charge is -2.44. The molecule has 3 N–H and O–H groups in total. The number of aromatic nitrogens is 2. The number of rotatable bonds is 6. The first-order valence-electron chi connectivity index (χ1n) is 12.5. The van der Waals surface area contributed by atoms with Crippen molar-refractivity contribution >= 4 is 29.1 Å². The molecule has 10 nitrogen and oxygen atoms in total. The zero-order valence-electron chi connectivity index (χ0n) is 21.3. The molecule has 10 heteroatoms. The van der Waals surface area contributed by atoms with Crippen LogP contribution >= 0.6 is 0 Å². The third-order valence-corrected chi connectivity index (χ3v) is 6.74. The summed E-state index contributed by atoms with van der Waals surface area (Å²) in [6.45, 7) is 9.27. The van der Waals surface area contributed by atoms with Gasteiger partial charge in [-0.15, -0.1) is 0 Å². The molecule has 3 aromatic rings. The lowest BCUT2D eigenvalue weighted by atomic mass is 9.86. The molecular weight excluding hydrogens is 472 g/mol. The number of nitrogens with one attached hydrogen (secondary N) is 3. The van der Waals surface area contributed by atoms with Gasteiger partial charge >= 0.3 is 6.03 Å². The number of piperidine rings is 3. The van der Waals surface area contributed by atoms with Gasteiger partial charge in [-0.1, -0.05) is 25.9 Å². The van der Waals surface area contributed by atoms with Crippen molar-refractivity contribution in [1.82, 2.24) is 15.0 Å². The van der Waals surface area contributed by atoms with E-state index in [4.69, 9.17) is 9.26 Å². The van der Waals surface area contributed by atoms with Crippen molar-refractivity contribution in [2.75, 3.05) is 35.6 Å². The summed E-state index contributed by atoms with van der Waals surface area (Å²) < 4.78 is 11.4. The molecule has 2 bridgehead atoms. The molecule has 3 aliphatic rings. The van der Waals surface area contributed by atoms with E-state index in [9.17, 15) is 9.59 Å². The summed E-state index contributed by atoms with van der Waals surface area (Å²) in [6.07, 6.45) is 4.15. The quantitative estimate of drug-likeness (QED) is 0.443. The highest BCUT2D eigenvalue weighted by molar-refractivity contribution is 6.03. The Balaban J connectivity index is 1.11. The Morgan fingerprint density at radius 3 is 2.27 bits per heavy atom. The Hall–Kier alpha value is -3.92. The lowest BCUT2D eigenvalue weighted by molar-refractivity contribution is -0.00793. The van der Waals surface area contributed by atoms with E-state index in [0.29, 0.717) is 40.3 Å². The number of fused-ring (bicyclic) bond motifs is 3. The first-order valence-corrected chi connectivity index (χ1v) is 12.5. The third-order valence-electron chi connectivity index (χ3n) is 6.74. The van der Waals surface area contributed by atoms with Gasteiger partial charge in [0.1, 0.15) is 23.3 Å². The van der Waals surface area contributed by atoms with Crippen LogP contribution in [0.5, 0.6) is 5.75 Å². The number of pyridine rings is 1. The first kappa shape index (κ1) is 24.8. The second-order valence-corrected chi connectivity index (χ2v) is 10.6. The number of carbonyl (C=O) groups is 2. The average Bonchev–Trinajstić information content (AvgIpc) is 3.35. The van der Waals surface area contributed by atoms with Crippen LogP contribution in [0.25, 0.3) is 0 Å². The van der Waals surface area contributed by atoms with Crippen molar-refractivity contribution in [3.8, 4) is 5.75 Å². The Morgan fingerprint density at radius 1 is 1.00 bits per heavy atom. The Morgan fingerprint density at radius 2 is 1.70 bits per heavy atom. The maximum Gasteiger partial charge on any atom is 0.324 e. The van der Waals surface area contributed by atoms with Crippen LogP contribution in [0.15, 0.2) is 53.2 Å². The van der Waals surface area contributed by atoms with Crippen LogP contribution in [0.3, 0.4) is 0 Å². The number of anilines is 3. The zero-order valence-corrected chi connectivity index (χ0v) is 21.3. The minimum absolute atomic E-state index is 0.190. The van der Waals surface area contributed by atoms with Crippen molar-refractivity contribution < 1.29 is 18.8 Å². The van der Waals surface area contributed by atoms with Gasteiger partial charge in [0.2, 0.25) is 0 Å². The highest BCUT2D eigenvalue weighted by Gasteiger charge is 2.35.